The topological polar surface area (TPSA) is 89.0 Å². The van der Waals surface area contributed by atoms with Crippen LogP contribution >= 0.6 is 0 Å². The van der Waals surface area contributed by atoms with Crippen LogP contribution in [0.3, 0.4) is 0 Å². The van der Waals surface area contributed by atoms with Crippen LogP contribution < -0.4 is 5.32 Å². The summed E-state index contributed by atoms with van der Waals surface area (Å²) in [4.78, 5) is 27.7. The minimum atomic E-state index is -0.550. The third-order valence-electron chi connectivity index (χ3n) is 4.70. The lowest BCUT2D eigenvalue weighted by molar-refractivity contribution is -0.119. The van der Waals surface area contributed by atoms with Gasteiger partial charge in [-0.3, -0.25) is 4.79 Å². The van der Waals surface area contributed by atoms with E-state index < -0.39 is 11.9 Å². The number of anilines is 1. The number of aromatic amines is 1. The van der Waals surface area contributed by atoms with E-state index in [1.54, 1.807) is 10.9 Å². The second-order valence-electron chi connectivity index (χ2n) is 6.67. The van der Waals surface area contributed by atoms with Crippen LogP contribution in [0.4, 0.5) is 5.69 Å². The molecule has 29 heavy (non-hydrogen) atoms. The second-order valence-corrected chi connectivity index (χ2v) is 6.67. The molecule has 0 radical (unpaired) electrons. The van der Waals surface area contributed by atoms with Crippen LogP contribution in [0, 0.1) is 13.8 Å². The number of rotatable bonds is 5. The minimum Gasteiger partial charge on any atom is -0.452 e. The fourth-order valence-corrected chi connectivity index (χ4v) is 3.27. The molecule has 2 N–H and O–H groups in total. The molecule has 1 amide bonds. The first kappa shape index (κ1) is 18.5. The number of para-hydroxylation sites is 2. The molecule has 0 aliphatic carbocycles. The van der Waals surface area contributed by atoms with Gasteiger partial charge >= 0.3 is 5.97 Å². The number of nitrogens with zero attached hydrogens (tertiary/aromatic N) is 2. The van der Waals surface area contributed by atoms with Crippen LogP contribution in [0.15, 0.2) is 60.8 Å². The predicted octanol–water partition coefficient (Wildman–Crippen LogP) is 3.77. The second kappa shape index (κ2) is 7.63. The van der Waals surface area contributed by atoms with Crippen molar-refractivity contribution in [2.24, 2.45) is 0 Å². The van der Waals surface area contributed by atoms with Crippen LogP contribution in [0.25, 0.3) is 16.6 Å². The Bertz CT molecular complexity index is 1190. The Hall–Kier alpha value is -3.87. The lowest BCUT2D eigenvalue weighted by Crippen LogP contribution is -2.21. The number of ether oxygens (including phenoxy) is 1. The Morgan fingerprint density at radius 3 is 2.59 bits per heavy atom. The van der Waals surface area contributed by atoms with Crippen LogP contribution in [0.1, 0.15) is 21.7 Å². The number of benzene rings is 2. The number of hydrogen-bond acceptors (Lipinski definition) is 4. The molecule has 0 fully saturated rings. The number of H-pyrrole nitrogens is 1. The van der Waals surface area contributed by atoms with Gasteiger partial charge in [-0.25, -0.2) is 9.48 Å². The molecule has 2 aromatic heterocycles. The number of aryl methyl sites for hydroxylation is 1. The molecule has 7 nitrogen and oxygen atoms in total. The Labute approximate surface area is 167 Å². The van der Waals surface area contributed by atoms with Gasteiger partial charge < -0.3 is 15.0 Å². The highest BCUT2D eigenvalue weighted by Gasteiger charge is 2.18. The van der Waals surface area contributed by atoms with Crippen molar-refractivity contribution in [3.63, 3.8) is 0 Å². The zero-order chi connectivity index (χ0) is 20.4. The SMILES string of the molecule is Cc1nn(-c2ccccc2)c(C)c1NC(=O)COC(=O)c1c[nH]c2ccccc12. The summed E-state index contributed by atoms with van der Waals surface area (Å²) in [6.45, 7) is 3.31. The summed E-state index contributed by atoms with van der Waals surface area (Å²) in [5, 5.41) is 8.05. The molecule has 0 saturated carbocycles. The molecule has 146 valence electrons. The summed E-state index contributed by atoms with van der Waals surface area (Å²) in [5.74, 6) is -0.969. The summed E-state index contributed by atoms with van der Waals surface area (Å²) in [6.07, 6.45) is 1.59. The quantitative estimate of drug-likeness (QED) is 0.510. The summed E-state index contributed by atoms with van der Waals surface area (Å²) < 4.78 is 6.97. The van der Waals surface area contributed by atoms with Gasteiger partial charge in [0.2, 0.25) is 0 Å². The fourth-order valence-electron chi connectivity index (χ4n) is 3.27. The lowest BCUT2D eigenvalue weighted by atomic mass is 10.2. The average molecular weight is 388 g/mol. The largest absolute Gasteiger partial charge is 0.452 e. The number of hydrogen-bond donors (Lipinski definition) is 2. The molecule has 4 rings (SSSR count). The van der Waals surface area contributed by atoms with E-state index in [4.69, 9.17) is 4.74 Å². The zero-order valence-corrected chi connectivity index (χ0v) is 16.1. The molecule has 0 bridgehead atoms. The highest BCUT2D eigenvalue weighted by Crippen LogP contribution is 2.23. The number of esters is 1. The van der Waals surface area contributed by atoms with Gasteiger partial charge in [0.05, 0.1) is 28.3 Å². The molecular formula is C22H20N4O3. The predicted molar refractivity (Wildman–Crippen MR) is 110 cm³/mol. The summed E-state index contributed by atoms with van der Waals surface area (Å²) >= 11 is 0. The van der Waals surface area contributed by atoms with Gasteiger partial charge in [-0.2, -0.15) is 5.10 Å². The first-order valence-electron chi connectivity index (χ1n) is 9.19. The number of carbonyl (C=O) groups is 2. The van der Waals surface area contributed by atoms with Gasteiger partial charge in [-0.1, -0.05) is 36.4 Å². The maximum atomic E-state index is 12.4. The number of nitrogens with one attached hydrogen (secondary N) is 2. The molecule has 0 saturated heterocycles. The molecule has 0 spiro atoms. The Kier molecular flexibility index (Phi) is 4.87. The van der Waals surface area contributed by atoms with Crippen molar-refractivity contribution >= 4 is 28.5 Å². The van der Waals surface area contributed by atoms with Crippen molar-refractivity contribution < 1.29 is 14.3 Å². The van der Waals surface area contributed by atoms with Gasteiger partial charge in [-0.15, -0.1) is 0 Å². The average Bonchev–Trinajstić information content (AvgIpc) is 3.29. The molecule has 4 aromatic rings. The van der Waals surface area contributed by atoms with E-state index in [9.17, 15) is 9.59 Å². The minimum absolute atomic E-state index is 0.381. The molecule has 2 aromatic carbocycles. The van der Waals surface area contributed by atoms with E-state index in [1.807, 2.05) is 68.4 Å². The van der Waals surface area contributed by atoms with Crippen LogP contribution in [-0.4, -0.2) is 33.2 Å². The van der Waals surface area contributed by atoms with Gasteiger partial charge in [0.15, 0.2) is 6.61 Å². The third-order valence-corrected chi connectivity index (χ3v) is 4.70. The molecule has 2 heterocycles. The van der Waals surface area contributed by atoms with E-state index in [0.717, 1.165) is 22.3 Å². The number of amides is 1. The maximum Gasteiger partial charge on any atom is 0.340 e. The molecule has 0 unspecified atom stereocenters. The molecule has 7 heteroatoms. The molecule has 0 aliphatic heterocycles. The standard InChI is InChI=1S/C22H20N4O3/c1-14-21(15(2)26(25-14)16-8-4-3-5-9-16)24-20(27)13-29-22(28)18-12-23-19-11-7-6-10-17(18)19/h3-12,23H,13H2,1-2H3,(H,24,27). The van der Waals surface area contributed by atoms with E-state index in [2.05, 4.69) is 15.4 Å². The summed E-state index contributed by atoms with van der Waals surface area (Å²) in [6, 6.07) is 17.1. The highest BCUT2D eigenvalue weighted by molar-refractivity contribution is 6.05. The van der Waals surface area contributed by atoms with E-state index in [0.29, 0.717) is 16.9 Å². The smallest absolute Gasteiger partial charge is 0.340 e. The Morgan fingerprint density at radius 2 is 1.79 bits per heavy atom. The van der Waals surface area contributed by atoms with Gasteiger partial charge in [0, 0.05) is 17.1 Å². The molecular weight excluding hydrogens is 368 g/mol. The zero-order valence-electron chi connectivity index (χ0n) is 16.1. The number of fused-ring (bicyclic) bond motifs is 1. The first-order chi connectivity index (χ1) is 14.0. The fraction of sp³-hybridized carbons (Fsp3) is 0.136. The van der Waals surface area contributed by atoms with Crippen molar-refractivity contribution in [1.82, 2.24) is 14.8 Å². The van der Waals surface area contributed by atoms with Crippen LogP contribution in [-0.2, 0) is 9.53 Å². The van der Waals surface area contributed by atoms with Crippen molar-refractivity contribution in [3.8, 4) is 5.69 Å². The van der Waals surface area contributed by atoms with Crippen LogP contribution in [0.2, 0.25) is 0 Å². The number of carbonyl (C=O) groups excluding carboxylic acids is 2. The van der Waals surface area contributed by atoms with Gasteiger partial charge in [0.1, 0.15) is 0 Å². The van der Waals surface area contributed by atoms with E-state index >= 15 is 0 Å². The first-order valence-corrected chi connectivity index (χ1v) is 9.19. The lowest BCUT2D eigenvalue weighted by Gasteiger charge is -2.08. The Morgan fingerprint density at radius 1 is 1.07 bits per heavy atom. The maximum absolute atomic E-state index is 12.4. The number of aromatic nitrogens is 3. The van der Waals surface area contributed by atoms with Crippen molar-refractivity contribution in [2.45, 2.75) is 13.8 Å². The summed E-state index contributed by atoms with van der Waals surface area (Å²) in [7, 11) is 0. The normalized spacial score (nSPS) is 10.8. The summed E-state index contributed by atoms with van der Waals surface area (Å²) in [5.41, 5.74) is 4.23. The molecule has 0 aliphatic rings. The van der Waals surface area contributed by atoms with E-state index in [-0.39, 0.29) is 6.61 Å². The Balaban J connectivity index is 1.44. The van der Waals surface area contributed by atoms with Crippen LogP contribution in [0.5, 0.6) is 0 Å². The van der Waals surface area contributed by atoms with E-state index in [1.165, 1.54) is 0 Å². The van der Waals surface area contributed by atoms with Crippen molar-refractivity contribution in [2.75, 3.05) is 11.9 Å². The van der Waals surface area contributed by atoms with Gasteiger partial charge in [-0.05, 0) is 32.0 Å². The van der Waals surface area contributed by atoms with Gasteiger partial charge in [0.25, 0.3) is 5.91 Å². The monoisotopic (exact) mass is 388 g/mol. The molecule has 0 atom stereocenters. The van der Waals surface area contributed by atoms with Crippen molar-refractivity contribution in [3.05, 3.63) is 77.7 Å². The highest BCUT2D eigenvalue weighted by atomic mass is 16.5. The third kappa shape index (κ3) is 3.62. The van der Waals surface area contributed by atoms with Crippen molar-refractivity contribution in [1.29, 1.82) is 0 Å².